The maximum atomic E-state index is 14.3. The first-order valence-corrected chi connectivity index (χ1v) is 16.1. The monoisotopic (exact) mass is 628 g/mol. The molecule has 5 saturated carbocycles. The molecule has 0 amide bonds. The summed E-state index contributed by atoms with van der Waals surface area (Å²) in [6.07, 6.45) is 6.07. The minimum Gasteiger partial charge on any atom is -0.481 e. The topological polar surface area (TPSA) is 101 Å². The fourth-order valence-electron chi connectivity index (χ4n) is 12.2. The molecule has 0 aromatic carbocycles. The quantitative estimate of drug-likeness (QED) is 0.176. The number of esters is 1. The molecule has 0 saturated heterocycles. The predicted molar refractivity (Wildman–Crippen MR) is 154 cm³/mol. The van der Waals surface area contributed by atoms with E-state index in [2.05, 4.69) is 27.4 Å². The molecule has 0 bridgehead atoms. The number of carboxylic acids is 2. The van der Waals surface area contributed by atoms with E-state index in [4.69, 9.17) is 9.84 Å². The van der Waals surface area contributed by atoms with Crippen LogP contribution in [0.3, 0.4) is 0 Å². The molecule has 6 nitrogen and oxygen atoms in total. The van der Waals surface area contributed by atoms with E-state index in [1.165, 1.54) is 0 Å². The van der Waals surface area contributed by atoms with Crippen molar-refractivity contribution in [3.05, 3.63) is 12.2 Å². The van der Waals surface area contributed by atoms with Crippen LogP contribution in [0.5, 0.6) is 0 Å². The van der Waals surface area contributed by atoms with Gasteiger partial charge in [-0.3, -0.25) is 4.79 Å². The van der Waals surface area contributed by atoms with Crippen molar-refractivity contribution in [2.24, 2.45) is 56.7 Å². The highest BCUT2D eigenvalue weighted by atomic mass is 19.3. The Morgan fingerprint density at radius 2 is 1.41 bits per heavy atom. The summed E-state index contributed by atoms with van der Waals surface area (Å²) in [4.78, 5) is 36.0. The van der Waals surface area contributed by atoms with Crippen molar-refractivity contribution in [1.82, 2.24) is 0 Å². The van der Waals surface area contributed by atoms with Crippen LogP contribution in [0.4, 0.5) is 17.6 Å². The van der Waals surface area contributed by atoms with Crippen LogP contribution in [0.2, 0.25) is 0 Å². The summed E-state index contributed by atoms with van der Waals surface area (Å²) >= 11 is 0. The second-order valence-corrected chi connectivity index (χ2v) is 16.4. The lowest BCUT2D eigenvalue weighted by Gasteiger charge is -2.72. The summed E-state index contributed by atoms with van der Waals surface area (Å²) in [6, 6.07) is 0. The van der Waals surface area contributed by atoms with Gasteiger partial charge >= 0.3 is 29.8 Å². The molecule has 0 heterocycles. The van der Waals surface area contributed by atoms with Gasteiger partial charge in [0, 0.05) is 5.41 Å². The normalized spacial score (nSPS) is 44.8. The number of hydrogen-bond acceptors (Lipinski definition) is 4. The van der Waals surface area contributed by atoms with Gasteiger partial charge in [-0.1, -0.05) is 46.8 Å². The number of allylic oxidation sites excluding steroid dienone is 1. The second kappa shape index (κ2) is 9.93. The highest BCUT2D eigenvalue weighted by Gasteiger charge is 2.73. The van der Waals surface area contributed by atoms with E-state index in [0.717, 1.165) is 44.1 Å². The first-order valence-electron chi connectivity index (χ1n) is 16.1. The van der Waals surface area contributed by atoms with Crippen LogP contribution in [0.15, 0.2) is 12.2 Å². The van der Waals surface area contributed by atoms with Crippen LogP contribution < -0.4 is 0 Å². The van der Waals surface area contributed by atoms with E-state index in [1.807, 2.05) is 20.8 Å². The molecule has 0 unspecified atom stereocenters. The molecule has 10 heteroatoms. The molecule has 0 spiro atoms. The molecular weight excluding hydrogens is 580 g/mol. The van der Waals surface area contributed by atoms with E-state index in [-0.39, 0.29) is 52.3 Å². The lowest BCUT2D eigenvalue weighted by Crippen LogP contribution is -2.67. The van der Waals surface area contributed by atoms with Crippen LogP contribution in [0.25, 0.3) is 0 Å². The predicted octanol–water partition coefficient (Wildman–Crippen LogP) is 8.00. The SMILES string of the molecule is C=C(C)[C@@H]1CC[C@]2(C(=O)O)CC[C@]3(C)[C@H](CC[C@@H]4[C@@]5(C)CC[C@H](OC(=O)C(F)(F)C(F)(F)C(=O)O)C(C)(C)[C@@H]5CC[C@]43C)[C@@H]12. The average Bonchev–Trinajstić information content (AvgIpc) is 3.32. The van der Waals surface area contributed by atoms with Gasteiger partial charge in [0.15, 0.2) is 0 Å². The number of carboxylic acid groups (broad SMARTS) is 2. The zero-order chi connectivity index (χ0) is 33.1. The average molecular weight is 629 g/mol. The van der Waals surface area contributed by atoms with Gasteiger partial charge in [-0.2, -0.15) is 17.6 Å². The second-order valence-electron chi connectivity index (χ2n) is 16.4. The standard InChI is InChI=1S/C34H48F4O6/c1-18(2)19-10-15-32(25(39)40)17-16-30(6)20(24(19)32)8-9-22-29(5)13-12-23(28(3,4)21(29)11-14-31(22,30)7)44-27(43)34(37,38)33(35,36)26(41)42/h19-24H,1,8-17H2,2-7H3,(H,39,40)(H,41,42)/t19-,20+,21-,22+,23-,24+,29-,30+,31+,32-/m0/s1. The Kier molecular flexibility index (Phi) is 7.50. The summed E-state index contributed by atoms with van der Waals surface area (Å²) < 4.78 is 61.3. The number of halogens is 4. The first kappa shape index (κ1) is 33.2. The van der Waals surface area contributed by atoms with Crippen LogP contribution in [0, 0.1) is 56.7 Å². The van der Waals surface area contributed by atoms with Crippen molar-refractivity contribution >= 4 is 17.9 Å². The lowest BCUT2D eigenvalue weighted by atomic mass is 9.32. The molecule has 10 atom stereocenters. The van der Waals surface area contributed by atoms with Gasteiger partial charge < -0.3 is 14.9 Å². The summed E-state index contributed by atoms with van der Waals surface area (Å²) in [5, 5.41) is 19.2. The fourth-order valence-corrected chi connectivity index (χ4v) is 12.2. The fraction of sp³-hybridized carbons (Fsp3) is 0.853. The number of carbonyl (C=O) groups is 3. The number of alkyl halides is 4. The molecule has 0 aromatic heterocycles. The number of carbonyl (C=O) groups excluding carboxylic acids is 1. The van der Waals surface area contributed by atoms with Crippen LogP contribution >= 0.6 is 0 Å². The van der Waals surface area contributed by atoms with Crippen molar-refractivity contribution in [3.63, 3.8) is 0 Å². The van der Waals surface area contributed by atoms with Gasteiger partial charge in [0.1, 0.15) is 6.10 Å². The lowest BCUT2D eigenvalue weighted by molar-refractivity contribution is -0.261. The molecule has 44 heavy (non-hydrogen) atoms. The number of ether oxygens (including phenoxy) is 1. The van der Waals surface area contributed by atoms with Crippen molar-refractivity contribution in [3.8, 4) is 0 Å². The van der Waals surface area contributed by atoms with Gasteiger partial charge in [-0.05, 0) is 117 Å². The van der Waals surface area contributed by atoms with Crippen LogP contribution in [-0.2, 0) is 19.1 Å². The summed E-state index contributed by atoms with van der Waals surface area (Å²) in [5.74, 6) is -16.7. The first-order chi connectivity index (χ1) is 20.1. The minimum absolute atomic E-state index is 0.0387. The number of fused-ring (bicyclic) bond motifs is 7. The highest BCUT2D eigenvalue weighted by Crippen LogP contribution is 2.77. The van der Waals surface area contributed by atoms with Crippen molar-refractivity contribution in [1.29, 1.82) is 0 Å². The molecule has 2 N–H and O–H groups in total. The van der Waals surface area contributed by atoms with Crippen molar-refractivity contribution in [2.45, 2.75) is 124 Å². The molecule has 5 aliphatic rings. The number of rotatable bonds is 6. The Morgan fingerprint density at radius 1 is 0.773 bits per heavy atom. The summed E-state index contributed by atoms with van der Waals surface area (Å²) in [6.45, 7) is 17.0. The van der Waals surface area contributed by atoms with Gasteiger partial charge in [-0.15, -0.1) is 0 Å². The van der Waals surface area contributed by atoms with E-state index in [9.17, 15) is 37.1 Å². The van der Waals surface area contributed by atoms with Gasteiger partial charge in [-0.25, -0.2) is 9.59 Å². The Morgan fingerprint density at radius 3 is 1.98 bits per heavy atom. The highest BCUT2D eigenvalue weighted by molar-refractivity contribution is 5.89. The molecule has 5 rings (SSSR count). The van der Waals surface area contributed by atoms with Gasteiger partial charge in [0.25, 0.3) is 0 Å². The molecule has 5 aliphatic carbocycles. The maximum Gasteiger partial charge on any atom is 0.415 e. The summed E-state index contributed by atoms with van der Waals surface area (Å²) in [7, 11) is 0. The molecular formula is C34H48F4O6. The third-order valence-electron chi connectivity index (χ3n) is 14.6. The zero-order valence-electron chi connectivity index (χ0n) is 26.8. The molecule has 248 valence electrons. The largest absolute Gasteiger partial charge is 0.481 e. The Bertz CT molecular complexity index is 1260. The van der Waals surface area contributed by atoms with E-state index in [0.29, 0.717) is 19.3 Å². The van der Waals surface area contributed by atoms with E-state index >= 15 is 0 Å². The third-order valence-corrected chi connectivity index (χ3v) is 14.6. The Balaban J connectivity index is 1.44. The molecule has 5 fully saturated rings. The Hall–Kier alpha value is -2.13. The number of hydrogen-bond donors (Lipinski definition) is 2. The van der Waals surface area contributed by atoms with Gasteiger partial charge in [0.05, 0.1) is 5.41 Å². The zero-order valence-corrected chi connectivity index (χ0v) is 26.8. The van der Waals surface area contributed by atoms with Gasteiger partial charge in [0.2, 0.25) is 0 Å². The third kappa shape index (κ3) is 4.06. The number of aliphatic carboxylic acids is 2. The molecule has 0 aliphatic heterocycles. The summed E-state index contributed by atoms with van der Waals surface area (Å²) in [5.41, 5.74) is -0.940. The van der Waals surface area contributed by atoms with Crippen molar-refractivity contribution < 1.29 is 46.9 Å². The van der Waals surface area contributed by atoms with E-state index in [1.54, 1.807) is 0 Å². The molecule has 0 aromatic rings. The van der Waals surface area contributed by atoms with E-state index < -0.39 is 46.7 Å². The van der Waals surface area contributed by atoms with Crippen LogP contribution in [0.1, 0.15) is 106 Å². The van der Waals surface area contributed by atoms with Crippen LogP contribution in [-0.4, -0.2) is 46.1 Å². The molecule has 0 radical (unpaired) electrons. The maximum absolute atomic E-state index is 14.3. The Labute approximate surface area is 257 Å². The van der Waals surface area contributed by atoms with Crippen molar-refractivity contribution in [2.75, 3.05) is 0 Å². The minimum atomic E-state index is -5.58. The smallest absolute Gasteiger partial charge is 0.415 e.